The van der Waals surface area contributed by atoms with Crippen molar-refractivity contribution in [1.29, 1.82) is 0 Å². The lowest BCUT2D eigenvalue weighted by Gasteiger charge is -2.17. The predicted molar refractivity (Wildman–Crippen MR) is 75.2 cm³/mol. The third-order valence-corrected chi connectivity index (χ3v) is 5.25. The molecule has 0 fully saturated rings. The van der Waals surface area contributed by atoms with Crippen molar-refractivity contribution in [2.45, 2.75) is 20.4 Å². The molecule has 1 aromatic rings. The van der Waals surface area contributed by atoms with Crippen LogP contribution < -0.4 is 4.72 Å². The molecule has 0 atom stereocenters. The van der Waals surface area contributed by atoms with Crippen LogP contribution in [0.1, 0.15) is 18.7 Å². The molecular weight excluding hydrogens is 324 g/mol. The lowest BCUT2D eigenvalue weighted by molar-refractivity contribution is 0.451. The lowest BCUT2D eigenvalue weighted by atomic mass is 10.2. The fraction of sp³-hybridized carbons (Fsp3) is 0.600. The number of thiophene rings is 1. The molecule has 0 aromatic carbocycles. The summed E-state index contributed by atoms with van der Waals surface area (Å²) >= 11 is 4.89. The second-order valence-corrected chi connectivity index (χ2v) is 8.01. The van der Waals surface area contributed by atoms with Crippen LogP contribution in [0, 0.1) is 5.92 Å². The highest BCUT2D eigenvalue weighted by Crippen LogP contribution is 2.21. The average molecular weight is 341 g/mol. The average Bonchev–Trinajstić information content (AvgIpc) is 2.61. The third kappa shape index (κ3) is 5.05. The first kappa shape index (κ1) is 15.1. The third-order valence-electron chi connectivity index (χ3n) is 2.08. The molecular formula is C10H17BrN2O2S2. The molecule has 0 spiro atoms. The van der Waals surface area contributed by atoms with Gasteiger partial charge in [-0.05, 0) is 27.9 Å². The number of nitrogens with one attached hydrogen (secondary N) is 1. The van der Waals surface area contributed by atoms with Crippen LogP contribution in [-0.2, 0) is 16.8 Å². The molecule has 1 N–H and O–H groups in total. The number of halogens is 1. The minimum absolute atomic E-state index is 0.300. The summed E-state index contributed by atoms with van der Waals surface area (Å²) < 4.78 is 28.6. The van der Waals surface area contributed by atoms with Crippen molar-refractivity contribution in [1.82, 2.24) is 9.03 Å². The Bertz CT molecular complexity index is 457. The minimum Gasteiger partial charge on any atom is -0.202 e. The Hall–Kier alpha value is 0.0500. The SMILES string of the molecule is CC(C)CNS(=O)(=O)N(C)Cc1cc(Br)cs1. The summed E-state index contributed by atoms with van der Waals surface area (Å²) in [5.41, 5.74) is 0. The maximum Gasteiger partial charge on any atom is 0.279 e. The summed E-state index contributed by atoms with van der Waals surface area (Å²) in [6, 6.07) is 1.93. The van der Waals surface area contributed by atoms with E-state index in [1.54, 1.807) is 7.05 Å². The van der Waals surface area contributed by atoms with Gasteiger partial charge in [-0.25, -0.2) is 4.72 Å². The molecule has 0 saturated heterocycles. The van der Waals surface area contributed by atoms with Crippen LogP contribution in [0.5, 0.6) is 0 Å². The molecule has 17 heavy (non-hydrogen) atoms. The molecule has 1 heterocycles. The van der Waals surface area contributed by atoms with E-state index in [1.807, 2.05) is 25.3 Å². The van der Waals surface area contributed by atoms with Gasteiger partial charge in [0.2, 0.25) is 0 Å². The second-order valence-electron chi connectivity index (χ2n) is 4.23. The van der Waals surface area contributed by atoms with E-state index in [4.69, 9.17) is 0 Å². The van der Waals surface area contributed by atoms with Crippen molar-refractivity contribution in [3.63, 3.8) is 0 Å². The number of hydrogen-bond acceptors (Lipinski definition) is 3. The zero-order chi connectivity index (χ0) is 13.1. The predicted octanol–water partition coefficient (Wildman–Crippen LogP) is 2.43. The molecule has 1 rings (SSSR count). The van der Waals surface area contributed by atoms with Gasteiger partial charge in [0.05, 0.1) is 0 Å². The van der Waals surface area contributed by atoms with Crippen molar-refractivity contribution in [2.75, 3.05) is 13.6 Å². The van der Waals surface area contributed by atoms with E-state index in [9.17, 15) is 8.42 Å². The lowest BCUT2D eigenvalue weighted by Crippen LogP contribution is -2.39. The number of nitrogens with zero attached hydrogens (tertiary/aromatic N) is 1. The van der Waals surface area contributed by atoms with E-state index in [-0.39, 0.29) is 0 Å². The Morgan fingerprint density at radius 1 is 1.53 bits per heavy atom. The highest BCUT2D eigenvalue weighted by atomic mass is 79.9. The fourth-order valence-electron chi connectivity index (χ4n) is 1.12. The summed E-state index contributed by atoms with van der Waals surface area (Å²) in [5, 5.41) is 1.94. The van der Waals surface area contributed by atoms with Gasteiger partial charge in [-0.2, -0.15) is 12.7 Å². The number of rotatable bonds is 6. The molecule has 1 aromatic heterocycles. The Balaban J connectivity index is 2.59. The summed E-state index contributed by atoms with van der Waals surface area (Å²) in [5.74, 6) is 0.300. The first-order valence-electron chi connectivity index (χ1n) is 5.25. The largest absolute Gasteiger partial charge is 0.279 e. The van der Waals surface area contributed by atoms with Crippen molar-refractivity contribution < 1.29 is 8.42 Å². The van der Waals surface area contributed by atoms with Gasteiger partial charge in [0.15, 0.2) is 0 Å². The van der Waals surface area contributed by atoms with Gasteiger partial charge >= 0.3 is 0 Å². The molecule has 98 valence electrons. The van der Waals surface area contributed by atoms with E-state index in [2.05, 4.69) is 20.7 Å². The van der Waals surface area contributed by atoms with Crippen molar-refractivity contribution in [3.05, 3.63) is 20.8 Å². The van der Waals surface area contributed by atoms with Gasteiger partial charge in [-0.15, -0.1) is 11.3 Å². The first-order valence-corrected chi connectivity index (χ1v) is 8.36. The van der Waals surface area contributed by atoms with Gasteiger partial charge in [-0.3, -0.25) is 0 Å². The standard InChI is InChI=1S/C10H17BrN2O2S2/c1-8(2)5-12-17(14,15)13(3)6-10-4-9(11)7-16-10/h4,7-8,12H,5-6H2,1-3H3. The molecule has 0 radical (unpaired) electrons. The van der Waals surface area contributed by atoms with E-state index < -0.39 is 10.2 Å². The van der Waals surface area contributed by atoms with Gasteiger partial charge in [0.25, 0.3) is 10.2 Å². The van der Waals surface area contributed by atoms with Gasteiger partial charge in [0.1, 0.15) is 0 Å². The van der Waals surface area contributed by atoms with Crippen LogP contribution in [0.25, 0.3) is 0 Å². The van der Waals surface area contributed by atoms with E-state index >= 15 is 0 Å². The fourth-order valence-corrected chi connectivity index (χ4v) is 3.78. The van der Waals surface area contributed by atoms with E-state index in [1.165, 1.54) is 15.6 Å². The van der Waals surface area contributed by atoms with Crippen LogP contribution in [-0.4, -0.2) is 26.3 Å². The Labute approximate surface area is 115 Å². The van der Waals surface area contributed by atoms with Crippen LogP contribution >= 0.6 is 27.3 Å². The maximum atomic E-state index is 11.9. The molecule has 0 aliphatic carbocycles. The number of hydrogen-bond donors (Lipinski definition) is 1. The normalized spacial score (nSPS) is 12.6. The van der Waals surface area contributed by atoms with E-state index in [0.29, 0.717) is 19.0 Å². The van der Waals surface area contributed by atoms with Crippen LogP contribution in [0.4, 0.5) is 0 Å². The zero-order valence-corrected chi connectivity index (χ0v) is 13.3. The molecule has 0 aliphatic rings. The Kier molecular flexibility index (Phi) is 5.59. The molecule has 0 aliphatic heterocycles. The quantitative estimate of drug-likeness (QED) is 0.864. The summed E-state index contributed by atoms with van der Waals surface area (Å²) in [4.78, 5) is 1.01. The zero-order valence-electron chi connectivity index (χ0n) is 10.1. The van der Waals surface area contributed by atoms with Crippen LogP contribution in [0.15, 0.2) is 15.9 Å². The van der Waals surface area contributed by atoms with Gasteiger partial charge < -0.3 is 0 Å². The molecule has 4 nitrogen and oxygen atoms in total. The Morgan fingerprint density at radius 3 is 2.65 bits per heavy atom. The van der Waals surface area contributed by atoms with Crippen molar-refractivity contribution in [2.24, 2.45) is 5.92 Å². The van der Waals surface area contributed by atoms with Crippen molar-refractivity contribution >= 4 is 37.5 Å². The topological polar surface area (TPSA) is 49.4 Å². The van der Waals surface area contributed by atoms with E-state index in [0.717, 1.165) is 9.35 Å². The first-order chi connectivity index (χ1) is 7.81. The smallest absolute Gasteiger partial charge is 0.202 e. The summed E-state index contributed by atoms with van der Waals surface area (Å²) in [6.45, 7) is 4.79. The summed E-state index contributed by atoms with van der Waals surface area (Å²) in [7, 11) is -1.79. The highest BCUT2D eigenvalue weighted by Gasteiger charge is 2.18. The molecule has 7 heteroatoms. The molecule has 0 saturated carbocycles. The van der Waals surface area contributed by atoms with Gasteiger partial charge in [0, 0.05) is 34.9 Å². The second kappa shape index (κ2) is 6.29. The minimum atomic E-state index is -3.37. The van der Waals surface area contributed by atoms with Gasteiger partial charge in [-0.1, -0.05) is 13.8 Å². The highest BCUT2D eigenvalue weighted by molar-refractivity contribution is 9.10. The Morgan fingerprint density at radius 2 is 2.18 bits per heavy atom. The molecule has 0 unspecified atom stereocenters. The molecule has 0 amide bonds. The van der Waals surface area contributed by atoms with Crippen LogP contribution in [0.2, 0.25) is 0 Å². The maximum absolute atomic E-state index is 11.9. The van der Waals surface area contributed by atoms with Crippen molar-refractivity contribution in [3.8, 4) is 0 Å². The monoisotopic (exact) mass is 340 g/mol. The van der Waals surface area contributed by atoms with Crippen LogP contribution in [0.3, 0.4) is 0 Å². The molecule has 0 bridgehead atoms. The summed E-state index contributed by atoms with van der Waals surface area (Å²) in [6.07, 6.45) is 0.